The second-order valence-corrected chi connectivity index (χ2v) is 8.07. The molecule has 0 fully saturated rings. The Kier molecular flexibility index (Phi) is 6.60. The minimum atomic E-state index is -0.521. The van der Waals surface area contributed by atoms with Gasteiger partial charge in [-0.2, -0.15) is 0 Å². The number of aromatic nitrogens is 2. The number of rotatable bonds is 8. The van der Waals surface area contributed by atoms with E-state index in [9.17, 15) is 4.79 Å². The van der Waals surface area contributed by atoms with E-state index in [4.69, 9.17) is 27.9 Å². The summed E-state index contributed by atoms with van der Waals surface area (Å²) in [6.45, 7) is 2.47. The Bertz CT molecular complexity index is 892. The first-order valence-electron chi connectivity index (χ1n) is 9.01. The fraction of sp³-hybridized carbons (Fsp3) is 0.333. The number of nitrogens with one attached hydrogen (secondary N) is 1. The molecule has 1 heterocycles. The van der Waals surface area contributed by atoms with Gasteiger partial charge in [0.2, 0.25) is 5.95 Å². The zero-order valence-corrected chi connectivity index (χ0v) is 17.4. The van der Waals surface area contributed by atoms with E-state index in [-0.39, 0.29) is 6.04 Å². The van der Waals surface area contributed by atoms with Crippen molar-refractivity contribution in [3.8, 4) is 0 Å². The second kappa shape index (κ2) is 8.95. The van der Waals surface area contributed by atoms with E-state index in [1.165, 1.54) is 0 Å². The molecule has 2 aromatic rings. The van der Waals surface area contributed by atoms with Crippen molar-refractivity contribution in [1.29, 1.82) is 0 Å². The minimum absolute atomic E-state index is 0.117. The number of carbonyl (C=O) groups is 1. The van der Waals surface area contributed by atoms with Gasteiger partial charge in [0.15, 0.2) is 6.29 Å². The van der Waals surface area contributed by atoms with Gasteiger partial charge in [-0.25, -0.2) is 4.98 Å². The number of nitrogens with zero attached hydrogens (tertiary/aromatic N) is 2. The summed E-state index contributed by atoms with van der Waals surface area (Å²) >= 11 is 12.3. The highest BCUT2D eigenvalue weighted by Gasteiger charge is 2.32. The number of allylic oxidation sites excluding steroid dienone is 2. The van der Waals surface area contributed by atoms with Crippen molar-refractivity contribution in [3.63, 3.8) is 0 Å². The van der Waals surface area contributed by atoms with Gasteiger partial charge in [0.05, 0.1) is 24.4 Å². The van der Waals surface area contributed by atoms with Crippen LogP contribution in [0, 0.1) is 0 Å². The van der Waals surface area contributed by atoms with Crippen LogP contribution in [0.4, 0.5) is 5.95 Å². The van der Waals surface area contributed by atoms with Crippen molar-refractivity contribution >= 4 is 35.4 Å². The lowest BCUT2D eigenvalue weighted by molar-refractivity contribution is 0.0935. The Morgan fingerprint density at radius 2 is 2.11 bits per heavy atom. The summed E-state index contributed by atoms with van der Waals surface area (Å²) in [4.78, 5) is 16.2. The number of methoxy groups -OCH3 is 1. The lowest BCUT2D eigenvalue weighted by Crippen LogP contribution is -2.40. The van der Waals surface area contributed by atoms with Crippen molar-refractivity contribution in [2.45, 2.75) is 31.3 Å². The Morgan fingerprint density at radius 3 is 2.75 bits per heavy atom. The number of hydrogen-bond donors (Lipinski definition) is 1. The topological polar surface area (TPSA) is 56.2 Å². The molecule has 0 bridgehead atoms. The SMILES string of the molecule is COC[C@@](C)(Cc1ccccc1)n1c(C=O)cnc1NC1C=C(Cl)C=C(Cl)C1. The van der Waals surface area contributed by atoms with Crippen LogP contribution in [0.15, 0.2) is 58.7 Å². The van der Waals surface area contributed by atoms with Gasteiger partial charge in [-0.3, -0.25) is 9.36 Å². The number of hydrogen-bond acceptors (Lipinski definition) is 4. The molecule has 0 spiro atoms. The average Bonchev–Trinajstić information content (AvgIpc) is 3.05. The largest absolute Gasteiger partial charge is 0.382 e. The molecule has 0 saturated carbocycles. The number of anilines is 1. The third-order valence-corrected chi connectivity index (χ3v) is 5.22. The van der Waals surface area contributed by atoms with Crippen LogP contribution in [0.1, 0.15) is 29.4 Å². The van der Waals surface area contributed by atoms with Gasteiger partial charge < -0.3 is 10.1 Å². The maximum atomic E-state index is 11.7. The highest BCUT2D eigenvalue weighted by atomic mass is 35.5. The molecule has 1 aromatic heterocycles. The maximum absolute atomic E-state index is 11.7. The van der Waals surface area contributed by atoms with Crippen molar-refractivity contribution in [2.75, 3.05) is 19.0 Å². The van der Waals surface area contributed by atoms with E-state index in [1.807, 2.05) is 28.8 Å². The van der Waals surface area contributed by atoms with Gasteiger partial charge in [-0.15, -0.1) is 0 Å². The molecule has 7 heteroatoms. The van der Waals surface area contributed by atoms with Crippen molar-refractivity contribution in [1.82, 2.24) is 9.55 Å². The average molecular weight is 420 g/mol. The van der Waals surface area contributed by atoms with E-state index >= 15 is 0 Å². The first kappa shape index (κ1) is 20.6. The molecule has 0 saturated heterocycles. The van der Waals surface area contributed by atoms with Gasteiger partial charge in [0, 0.05) is 23.6 Å². The Morgan fingerprint density at radius 1 is 1.36 bits per heavy atom. The predicted octanol–water partition coefficient (Wildman–Crippen LogP) is 4.73. The summed E-state index contributed by atoms with van der Waals surface area (Å²) < 4.78 is 7.43. The van der Waals surface area contributed by atoms with Crippen LogP contribution >= 0.6 is 23.2 Å². The van der Waals surface area contributed by atoms with Crippen LogP contribution in [0.3, 0.4) is 0 Å². The monoisotopic (exact) mass is 419 g/mol. The fourth-order valence-electron chi connectivity index (χ4n) is 3.63. The third kappa shape index (κ3) is 4.66. The Hall–Kier alpha value is -2.08. The molecule has 0 radical (unpaired) electrons. The van der Waals surface area contributed by atoms with Crippen molar-refractivity contribution in [2.24, 2.45) is 0 Å². The highest BCUT2D eigenvalue weighted by Crippen LogP contribution is 2.30. The number of aldehydes is 1. The summed E-state index contributed by atoms with van der Waals surface area (Å²) in [5.41, 5.74) is 1.10. The molecular formula is C21H23Cl2N3O2. The first-order chi connectivity index (χ1) is 13.4. The Balaban J connectivity index is 1.97. The van der Waals surface area contributed by atoms with Gasteiger partial charge in [0.1, 0.15) is 5.69 Å². The summed E-state index contributed by atoms with van der Waals surface area (Å²) in [5.74, 6) is 0.578. The molecule has 2 atom stereocenters. The zero-order chi connectivity index (χ0) is 20.1. The quantitative estimate of drug-likeness (QED) is 0.628. The van der Waals surface area contributed by atoms with E-state index in [0.717, 1.165) is 11.8 Å². The van der Waals surface area contributed by atoms with Crippen LogP contribution in [0.5, 0.6) is 0 Å². The molecule has 1 aromatic carbocycles. The smallest absolute Gasteiger partial charge is 0.204 e. The van der Waals surface area contributed by atoms with E-state index in [1.54, 1.807) is 19.4 Å². The zero-order valence-electron chi connectivity index (χ0n) is 15.9. The molecule has 3 rings (SSSR count). The second-order valence-electron chi connectivity index (χ2n) is 7.15. The lowest BCUT2D eigenvalue weighted by Gasteiger charge is -2.34. The van der Waals surface area contributed by atoms with Crippen LogP contribution in [-0.2, 0) is 16.7 Å². The molecule has 1 aliphatic rings. The molecule has 0 amide bonds. The molecular weight excluding hydrogens is 397 g/mol. The molecule has 1 N–H and O–H groups in total. The summed E-state index contributed by atoms with van der Waals surface area (Å²) in [6, 6.07) is 9.99. The molecule has 1 aliphatic carbocycles. The molecule has 5 nitrogen and oxygen atoms in total. The molecule has 148 valence electrons. The van der Waals surface area contributed by atoms with E-state index in [0.29, 0.717) is 41.2 Å². The number of benzene rings is 1. The van der Waals surface area contributed by atoms with E-state index in [2.05, 4.69) is 29.4 Å². The number of carbonyl (C=O) groups excluding carboxylic acids is 1. The predicted molar refractivity (Wildman–Crippen MR) is 113 cm³/mol. The maximum Gasteiger partial charge on any atom is 0.204 e. The van der Waals surface area contributed by atoms with Gasteiger partial charge in [-0.05, 0) is 31.1 Å². The van der Waals surface area contributed by atoms with Crippen molar-refractivity contribution < 1.29 is 9.53 Å². The number of imidazole rings is 1. The van der Waals surface area contributed by atoms with Gasteiger partial charge in [0.25, 0.3) is 0 Å². The molecule has 0 aliphatic heterocycles. The fourth-order valence-corrected chi connectivity index (χ4v) is 4.26. The lowest BCUT2D eigenvalue weighted by atomic mass is 9.92. The van der Waals surface area contributed by atoms with Gasteiger partial charge in [-0.1, -0.05) is 53.5 Å². The van der Waals surface area contributed by atoms with Crippen LogP contribution < -0.4 is 5.32 Å². The third-order valence-electron chi connectivity index (χ3n) is 4.72. The van der Waals surface area contributed by atoms with Gasteiger partial charge >= 0.3 is 0 Å². The number of ether oxygens (including phenoxy) is 1. The molecule has 1 unspecified atom stereocenters. The van der Waals surface area contributed by atoms with Crippen molar-refractivity contribution in [3.05, 3.63) is 70.0 Å². The number of halogens is 2. The van der Waals surface area contributed by atoms with Crippen LogP contribution in [0.25, 0.3) is 0 Å². The summed E-state index contributed by atoms with van der Waals surface area (Å²) in [7, 11) is 1.65. The highest BCUT2D eigenvalue weighted by molar-refractivity contribution is 6.35. The normalized spacial score (nSPS) is 18.8. The van der Waals surface area contributed by atoms with Crippen LogP contribution in [0.2, 0.25) is 0 Å². The minimum Gasteiger partial charge on any atom is -0.382 e. The van der Waals surface area contributed by atoms with Crippen LogP contribution in [-0.4, -0.2) is 35.6 Å². The van der Waals surface area contributed by atoms with E-state index < -0.39 is 5.54 Å². The first-order valence-corrected chi connectivity index (χ1v) is 9.77. The summed E-state index contributed by atoms with van der Waals surface area (Å²) in [6.07, 6.45) is 7.27. The standard InChI is InChI=1S/C21H23Cl2N3O2/c1-21(14-28-2,11-15-6-4-3-5-7-15)26-19(13-27)12-24-20(26)25-18-9-16(22)8-17(23)10-18/h3-9,12-13,18H,10-11,14H2,1-2H3,(H,24,25)/t18?,21-/m1/s1. The summed E-state index contributed by atoms with van der Waals surface area (Å²) in [5, 5.41) is 4.61. The molecule has 28 heavy (non-hydrogen) atoms. The Labute approximate surface area is 175 Å².